The van der Waals surface area contributed by atoms with E-state index in [0.29, 0.717) is 6.04 Å². The van der Waals surface area contributed by atoms with Crippen molar-refractivity contribution in [2.24, 2.45) is 24.8 Å². The largest absolute Gasteiger partial charge is 0.345 e. The number of amides is 2. The van der Waals surface area contributed by atoms with Crippen molar-refractivity contribution in [3.8, 4) is 0 Å². The lowest BCUT2D eigenvalue weighted by Crippen LogP contribution is -2.62. The number of urea groups is 1. The second-order valence-electron chi connectivity index (χ2n) is 10.8. The van der Waals surface area contributed by atoms with E-state index in [-0.39, 0.29) is 23.2 Å². The highest BCUT2D eigenvalue weighted by molar-refractivity contribution is 5.75. The topological polar surface area (TPSA) is 72.2 Å². The van der Waals surface area contributed by atoms with Gasteiger partial charge in [-0.2, -0.15) is 5.10 Å². The van der Waals surface area contributed by atoms with E-state index in [9.17, 15) is 9.59 Å². The predicted molar refractivity (Wildman–Crippen MR) is 109 cm³/mol. The first-order valence-electron chi connectivity index (χ1n) is 11.7. The molecule has 2 heterocycles. The molecule has 158 valence electrons. The zero-order chi connectivity index (χ0) is 19.8. The van der Waals surface area contributed by atoms with E-state index in [4.69, 9.17) is 0 Å². The van der Waals surface area contributed by atoms with Crippen LogP contribution in [0.3, 0.4) is 0 Å². The summed E-state index contributed by atoms with van der Waals surface area (Å²) in [5.74, 6) is 3.76. The fourth-order valence-corrected chi connectivity index (χ4v) is 7.36. The van der Waals surface area contributed by atoms with Crippen LogP contribution in [0.25, 0.3) is 0 Å². The lowest BCUT2D eigenvalue weighted by Gasteiger charge is -2.57. The number of nitrogens with zero attached hydrogens (tertiary/aromatic N) is 4. The van der Waals surface area contributed by atoms with Gasteiger partial charge in [0.15, 0.2) is 0 Å². The first-order valence-corrected chi connectivity index (χ1v) is 11.7. The summed E-state index contributed by atoms with van der Waals surface area (Å²) in [6.45, 7) is 1.52. The molecule has 29 heavy (non-hydrogen) atoms. The third-order valence-corrected chi connectivity index (χ3v) is 8.45. The minimum Gasteiger partial charge on any atom is -0.333 e. The number of hydrogen-bond donors (Lipinski definition) is 1. The Kier molecular flexibility index (Phi) is 3.95. The SMILES string of the molecule is Cn1nc(C2CCN(C(=O)NC34CC5CC(CC(C5)C3)C4)CC2)n(C2CC2)c1=O. The number of carbonyl (C=O) groups excluding carboxylic acids is 1. The summed E-state index contributed by atoms with van der Waals surface area (Å²) in [6.07, 6.45) is 11.8. The number of piperidine rings is 1. The number of aryl methyl sites for hydroxylation is 1. The molecule has 6 aliphatic rings. The molecule has 7 nitrogen and oxygen atoms in total. The number of nitrogens with one attached hydrogen (secondary N) is 1. The molecule has 6 fully saturated rings. The number of carbonyl (C=O) groups is 1. The van der Waals surface area contributed by atoms with Gasteiger partial charge in [-0.25, -0.2) is 14.3 Å². The maximum absolute atomic E-state index is 13.1. The summed E-state index contributed by atoms with van der Waals surface area (Å²) in [6, 6.07) is 0.495. The molecule has 0 aromatic carbocycles. The number of aromatic nitrogens is 3. The summed E-state index contributed by atoms with van der Waals surface area (Å²) in [4.78, 5) is 27.5. The maximum Gasteiger partial charge on any atom is 0.345 e. The average Bonchev–Trinajstić information content (AvgIpc) is 3.46. The molecule has 5 aliphatic carbocycles. The van der Waals surface area contributed by atoms with Gasteiger partial charge in [0.1, 0.15) is 5.82 Å². The molecular formula is C22H33N5O2. The molecule has 0 unspecified atom stereocenters. The fraction of sp³-hybridized carbons (Fsp3) is 0.864. The van der Waals surface area contributed by atoms with Crippen LogP contribution in [-0.2, 0) is 7.05 Å². The molecule has 0 radical (unpaired) electrons. The van der Waals surface area contributed by atoms with Crippen LogP contribution in [0.15, 0.2) is 4.79 Å². The second kappa shape index (κ2) is 6.35. The zero-order valence-corrected chi connectivity index (χ0v) is 17.5. The minimum atomic E-state index is 0.0180. The normalized spacial score (nSPS) is 36.6. The van der Waals surface area contributed by atoms with E-state index in [1.807, 2.05) is 9.47 Å². The van der Waals surface area contributed by atoms with Crippen molar-refractivity contribution in [3.63, 3.8) is 0 Å². The summed E-state index contributed by atoms with van der Waals surface area (Å²) in [5, 5.41) is 8.07. The Morgan fingerprint density at radius 1 is 1.00 bits per heavy atom. The van der Waals surface area contributed by atoms with Gasteiger partial charge in [0.2, 0.25) is 0 Å². The highest BCUT2D eigenvalue weighted by atomic mass is 16.2. The Labute approximate surface area is 171 Å². The standard InChI is InChI=1S/C22H33N5O2/c1-25-21(29)27(18-2-3-18)19(24-25)17-4-6-26(7-5-17)20(28)23-22-11-14-8-15(12-22)10-16(9-14)13-22/h14-18H,2-13H2,1H3,(H,23,28). The molecule has 1 saturated heterocycles. The highest BCUT2D eigenvalue weighted by Crippen LogP contribution is 2.55. The van der Waals surface area contributed by atoms with Crippen LogP contribution in [-0.4, -0.2) is 43.9 Å². The third-order valence-electron chi connectivity index (χ3n) is 8.45. The van der Waals surface area contributed by atoms with Gasteiger partial charge in [-0.1, -0.05) is 0 Å². The predicted octanol–water partition coefficient (Wildman–Crippen LogP) is 2.77. The lowest BCUT2D eigenvalue weighted by atomic mass is 9.53. The van der Waals surface area contributed by atoms with Crippen molar-refractivity contribution in [3.05, 3.63) is 16.3 Å². The summed E-state index contributed by atoms with van der Waals surface area (Å²) in [7, 11) is 1.75. The Bertz CT molecular complexity index is 839. The molecule has 0 spiro atoms. The van der Waals surface area contributed by atoms with E-state index in [2.05, 4.69) is 10.4 Å². The quantitative estimate of drug-likeness (QED) is 0.849. The van der Waals surface area contributed by atoms with Crippen LogP contribution in [0.5, 0.6) is 0 Å². The summed E-state index contributed by atoms with van der Waals surface area (Å²) >= 11 is 0. The Hall–Kier alpha value is -1.79. The van der Waals surface area contributed by atoms with Crippen LogP contribution in [0.1, 0.15) is 82.0 Å². The van der Waals surface area contributed by atoms with Gasteiger partial charge in [0, 0.05) is 37.6 Å². The molecule has 1 aromatic rings. The fourth-order valence-electron chi connectivity index (χ4n) is 7.36. The van der Waals surface area contributed by atoms with Crippen molar-refractivity contribution in [2.75, 3.05) is 13.1 Å². The highest BCUT2D eigenvalue weighted by Gasteiger charge is 2.52. The summed E-state index contributed by atoms with van der Waals surface area (Å²) in [5.41, 5.74) is 0.0975. The van der Waals surface area contributed by atoms with Gasteiger partial charge in [-0.3, -0.25) is 4.57 Å². The van der Waals surface area contributed by atoms with Crippen LogP contribution in [0.4, 0.5) is 4.79 Å². The van der Waals surface area contributed by atoms with Crippen LogP contribution in [0.2, 0.25) is 0 Å². The van der Waals surface area contributed by atoms with Crippen molar-refractivity contribution in [2.45, 2.75) is 81.7 Å². The molecule has 1 aromatic heterocycles. The van der Waals surface area contributed by atoms with Crippen molar-refractivity contribution in [1.82, 2.24) is 24.6 Å². The van der Waals surface area contributed by atoms with Crippen molar-refractivity contribution >= 4 is 6.03 Å². The van der Waals surface area contributed by atoms with Gasteiger partial charge in [0.25, 0.3) is 0 Å². The van der Waals surface area contributed by atoms with E-state index >= 15 is 0 Å². The monoisotopic (exact) mass is 399 g/mol. The second-order valence-corrected chi connectivity index (χ2v) is 10.8. The third kappa shape index (κ3) is 3.03. The maximum atomic E-state index is 13.1. The molecule has 1 N–H and O–H groups in total. The van der Waals surface area contributed by atoms with Gasteiger partial charge < -0.3 is 10.2 Å². The number of hydrogen-bond acceptors (Lipinski definition) is 3. The molecule has 2 amide bonds. The number of likely N-dealkylation sites (tertiary alicyclic amines) is 1. The molecule has 7 rings (SSSR count). The molecule has 0 atom stereocenters. The lowest BCUT2D eigenvalue weighted by molar-refractivity contribution is -0.0160. The van der Waals surface area contributed by atoms with E-state index in [1.54, 1.807) is 7.05 Å². The first-order chi connectivity index (χ1) is 14.0. The molecule has 5 saturated carbocycles. The number of rotatable bonds is 3. The van der Waals surface area contributed by atoms with Gasteiger partial charge in [-0.15, -0.1) is 0 Å². The van der Waals surface area contributed by atoms with Gasteiger partial charge in [0.05, 0.1) is 0 Å². The van der Waals surface area contributed by atoms with Crippen LogP contribution < -0.4 is 11.0 Å². The van der Waals surface area contributed by atoms with Gasteiger partial charge >= 0.3 is 11.7 Å². The van der Waals surface area contributed by atoms with Crippen LogP contribution >= 0.6 is 0 Å². The zero-order valence-electron chi connectivity index (χ0n) is 17.5. The van der Waals surface area contributed by atoms with E-state index in [0.717, 1.165) is 62.4 Å². The molecule has 4 bridgehead atoms. The van der Waals surface area contributed by atoms with E-state index in [1.165, 1.54) is 43.2 Å². The minimum absolute atomic E-state index is 0.0180. The Morgan fingerprint density at radius 3 is 2.14 bits per heavy atom. The van der Waals surface area contributed by atoms with Gasteiger partial charge in [-0.05, 0) is 82.0 Å². The van der Waals surface area contributed by atoms with Crippen LogP contribution in [0, 0.1) is 17.8 Å². The Balaban J connectivity index is 1.11. The van der Waals surface area contributed by atoms with E-state index < -0.39 is 0 Å². The summed E-state index contributed by atoms with van der Waals surface area (Å²) < 4.78 is 3.41. The van der Waals surface area contributed by atoms with Crippen molar-refractivity contribution < 1.29 is 4.79 Å². The molecule has 7 heteroatoms. The average molecular weight is 400 g/mol. The Morgan fingerprint density at radius 2 is 1.59 bits per heavy atom. The first kappa shape index (κ1) is 18.0. The molecule has 1 aliphatic heterocycles. The van der Waals surface area contributed by atoms with Crippen molar-refractivity contribution in [1.29, 1.82) is 0 Å². The smallest absolute Gasteiger partial charge is 0.333 e. The molecular weight excluding hydrogens is 366 g/mol.